The smallest absolute Gasteiger partial charge is 0.266 e. The first-order chi connectivity index (χ1) is 14.1. The molecule has 4 aromatic rings. The van der Waals surface area contributed by atoms with Gasteiger partial charge in [0.15, 0.2) is 5.16 Å². The summed E-state index contributed by atoms with van der Waals surface area (Å²) in [5.41, 5.74) is 1.91. The van der Waals surface area contributed by atoms with Gasteiger partial charge in [0.25, 0.3) is 5.56 Å². The van der Waals surface area contributed by atoms with Crippen LogP contribution < -0.4 is 10.3 Å². The first kappa shape index (κ1) is 19.5. The van der Waals surface area contributed by atoms with Crippen LogP contribution in [0.25, 0.3) is 16.6 Å². The van der Waals surface area contributed by atoms with Crippen LogP contribution in [0.3, 0.4) is 0 Å². The van der Waals surface area contributed by atoms with E-state index >= 15 is 0 Å². The van der Waals surface area contributed by atoms with Crippen LogP contribution in [0.5, 0.6) is 5.75 Å². The molecule has 0 aliphatic rings. The highest BCUT2D eigenvalue weighted by molar-refractivity contribution is 7.98. The lowest BCUT2D eigenvalue weighted by atomic mass is 10.2. The lowest BCUT2D eigenvalue weighted by Crippen LogP contribution is -2.21. The van der Waals surface area contributed by atoms with Crippen molar-refractivity contribution in [3.63, 3.8) is 0 Å². The second-order valence-electron chi connectivity index (χ2n) is 6.27. The molecule has 0 bridgehead atoms. The fourth-order valence-electron chi connectivity index (χ4n) is 2.95. The van der Waals surface area contributed by atoms with Crippen LogP contribution in [0.4, 0.5) is 4.39 Å². The summed E-state index contributed by atoms with van der Waals surface area (Å²) in [6, 6.07) is 18.7. The number of benzene rings is 3. The maximum atomic E-state index is 13.3. The number of hydrogen-bond acceptors (Lipinski definition) is 4. The lowest BCUT2D eigenvalue weighted by Gasteiger charge is -2.14. The van der Waals surface area contributed by atoms with Gasteiger partial charge in [-0.05, 0) is 54.1 Å². The molecule has 0 saturated carbocycles. The Morgan fingerprint density at radius 2 is 1.86 bits per heavy atom. The van der Waals surface area contributed by atoms with Crippen molar-refractivity contribution in [2.45, 2.75) is 10.9 Å². The molecule has 1 aromatic heterocycles. The van der Waals surface area contributed by atoms with Gasteiger partial charge in [0, 0.05) is 10.8 Å². The van der Waals surface area contributed by atoms with Gasteiger partial charge in [-0.25, -0.2) is 9.37 Å². The summed E-state index contributed by atoms with van der Waals surface area (Å²) in [5.74, 6) is 0.755. The first-order valence-electron chi connectivity index (χ1n) is 8.80. The molecule has 0 radical (unpaired) electrons. The average molecular weight is 427 g/mol. The molecule has 29 heavy (non-hydrogen) atoms. The van der Waals surface area contributed by atoms with Crippen molar-refractivity contribution in [2.24, 2.45) is 0 Å². The topological polar surface area (TPSA) is 44.1 Å². The van der Waals surface area contributed by atoms with E-state index in [1.807, 2.05) is 30.3 Å². The Labute approximate surface area is 175 Å². The van der Waals surface area contributed by atoms with Gasteiger partial charge in [-0.3, -0.25) is 9.36 Å². The van der Waals surface area contributed by atoms with E-state index in [9.17, 15) is 9.18 Å². The van der Waals surface area contributed by atoms with Crippen molar-refractivity contribution in [1.82, 2.24) is 9.55 Å². The van der Waals surface area contributed by atoms with E-state index in [1.165, 1.54) is 23.9 Å². The molecule has 0 aliphatic heterocycles. The largest absolute Gasteiger partial charge is 0.497 e. The zero-order valence-corrected chi connectivity index (χ0v) is 17.0. The van der Waals surface area contributed by atoms with E-state index in [4.69, 9.17) is 21.3 Å². The average Bonchev–Trinajstić information content (AvgIpc) is 2.73. The van der Waals surface area contributed by atoms with Gasteiger partial charge in [0.05, 0.1) is 23.7 Å². The lowest BCUT2D eigenvalue weighted by molar-refractivity contribution is 0.414. The number of fused-ring (bicyclic) bond motifs is 1. The minimum atomic E-state index is -0.386. The van der Waals surface area contributed by atoms with Gasteiger partial charge >= 0.3 is 0 Å². The second kappa shape index (κ2) is 8.27. The van der Waals surface area contributed by atoms with Crippen molar-refractivity contribution in [1.29, 1.82) is 0 Å². The van der Waals surface area contributed by atoms with Gasteiger partial charge in [-0.2, -0.15) is 0 Å². The Morgan fingerprint density at radius 1 is 1.10 bits per heavy atom. The van der Waals surface area contributed by atoms with Crippen molar-refractivity contribution in [3.8, 4) is 11.4 Å². The number of thioether (sulfide) groups is 1. The van der Waals surface area contributed by atoms with Crippen LogP contribution in [0.2, 0.25) is 5.02 Å². The van der Waals surface area contributed by atoms with Crippen LogP contribution in [-0.4, -0.2) is 16.7 Å². The zero-order valence-electron chi connectivity index (χ0n) is 15.4. The Bertz CT molecular complexity index is 1240. The molecule has 4 rings (SSSR count). The number of halogens is 2. The van der Waals surface area contributed by atoms with E-state index in [2.05, 4.69) is 0 Å². The minimum absolute atomic E-state index is 0.159. The number of aromatic nitrogens is 2. The molecule has 0 N–H and O–H groups in total. The summed E-state index contributed by atoms with van der Waals surface area (Å²) in [6.45, 7) is 0. The van der Waals surface area contributed by atoms with Gasteiger partial charge in [-0.15, -0.1) is 0 Å². The fraction of sp³-hybridized carbons (Fsp3) is 0.0909. The third kappa shape index (κ3) is 3.99. The molecule has 0 aliphatic carbocycles. The van der Waals surface area contributed by atoms with Crippen molar-refractivity contribution < 1.29 is 9.13 Å². The minimum Gasteiger partial charge on any atom is -0.497 e. The van der Waals surface area contributed by atoms with Crippen molar-refractivity contribution in [3.05, 3.63) is 93.5 Å². The van der Waals surface area contributed by atoms with E-state index in [1.54, 1.807) is 35.9 Å². The highest BCUT2D eigenvalue weighted by atomic mass is 35.5. The number of rotatable bonds is 5. The standard InChI is InChI=1S/C22H16ClFN2O2S/c1-28-17-10-8-16(9-11-17)26-21(27)18-4-2-3-5-20(18)25-22(26)29-13-14-6-7-15(24)12-19(14)23/h2-12H,13H2,1H3. The Balaban J connectivity index is 1.81. The highest BCUT2D eigenvalue weighted by Crippen LogP contribution is 2.28. The van der Waals surface area contributed by atoms with Crippen molar-refractivity contribution in [2.75, 3.05) is 7.11 Å². The maximum absolute atomic E-state index is 13.3. The SMILES string of the molecule is COc1ccc(-n2c(SCc3ccc(F)cc3Cl)nc3ccccc3c2=O)cc1. The highest BCUT2D eigenvalue weighted by Gasteiger charge is 2.14. The molecule has 0 unspecified atom stereocenters. The monoisotopic (exact) mass is 426 g/mol. The van der Waals surface area contributed by atoms with Crippen LogP contribution in [0, 0.1) is 5.82 Å². The summed E-state index contributed by atoms with van der Waals surface area (Å²) < 4.78 is 20.1. The van der Waals surface area contributed by atoms with Gasteiger partial charge in [-0.1, -0.05) is 41.6 Å². The Hall–Kier alpha value is -2.83. The quantitative estimate of drug-likeness (QED) is 0.313. The van der Waals surface area contributed by atoms with Gasteiger partial charge < -0.3 is 4.74 Å². The summed E-state index contributed by atoms with van der Waals surface area (Å²) in [5, 5.41) is 1.41. The Morgan fingerprint density at radius 3 is 2.59 bits per heavy atom. The van der Waals surface area contributed by atoms with Crippen molar-refractivity contribution >= 4 is 34.3 Å². The molecule has 0 fully saturated rings. The number of ether oxygens (including phenoxy) is 1. The molecular formula is C22H16ClFN2O2S. The normalized spacial score (nSPS) is 11.0. The van der Waals surface area contributed by atoms with Crippen LogP contribution in [0.15, 0.2) is 76.7 Å². The first-order valence-corrected chi connectivity index (χ1v) is 10.2. The number of hydrogen-bond donors (Lipinski definition) is 0. The molecule has 0 atom stereocenters. The van der Waals surface area contributed by atoms with E-state index < -0.39 is 0 Å². The third-order valence-corrected chi connectivity index (χ3v) is 5.79. The molecule has 0 spiro atoms. The third-order valence-electron chi connectivity index (χ3n) is 4.45. The molecule has 4 nitrogen and oxygen atoms in total. The Kier molecular flexibility index (Phi) is 5.56. The van der Waals surface area contributed by atoms with Gasteiger partial charge in [0.1, 0.15) is 11.6 Å². The zero-order chi connectivity index (χ0) is 20.4. The van der Waals surface area contributed by atoms with E-state index in [0.29, 0.717) is 38.3 Å². The second-order valence-corrected chi connectivity index (χ2v) is 7.62. The number of methoxy groups -OCH3 is 1. The molecular weight excluding hydrogens is 411 g/mol. The molecule has 0 amide bonds. The maximum Gasteiger partial charge on any atom is 0.266 e. The predicted molar refractivity (Wildman–Crippen MR) is 115 cm³/mol. The van der Waals surface area contributed by atoms with Crippen LogP contribution >= 0.6 is 23.4 Å². The molecule has 0 saturated heterocycles. The van der Waals surface area contributed by atoms with E-state index in [-0.39, 0.29) is 11.4 Å². The molecule has 146 valence electrons. The van der Waals surface area contributed by atoms with Crippen LogP contribution in [-0.2, 0) is 5.75 Å². The summed E-state index contributed by atoms with van der Waals surface area (Å²) in [6.07, 6.45) is 0. The molecule has 1 heterocycles. The van der Waals surface area contributed by atoms with Crippen LogP contribution in [0.1, 0.15) is 5.56 Å². The summed E-state index contributed by atoms with van der Waals surface area (Å²) >= 11 is 7.52. The number of para-hydroxylation sites is 1. The summed E-state index contributed by atoms with van der Waals surface area (Å²) in [4.78, 5) is 17.9. The van der Waals surface area contributed by atoms with Gasteiger partial charge in [0.2, 0.25) is 0 Å². The fourth-order valence-corrected chi connectivity index (χ4v) is 4.28. The summed E-state index contributed by atoms with van der Waals surface area (Å²) in [7, 11) is 1.59. The molecule has 7 heteroatoms. The van der Waals surface area contributed by atoms with E-state index in [0.717, 1.165) is 5.56 Å². The molecule has 3 aromatic carbocycles. The predicted octanol–water partition coefficient (Wildman–Crippen LogP) is 5.48. The number of nitrogens with zero attached hydrogens (tertiary/aromatic N) is 2.